The van der Waals surface area contributed by atoms with Crippen LogP contribution in [0.4, 0.5) is 5.69 Å². The zero-order valence-corrected chi connectivity index (χ0v) is 11.3. The number of nitrogens with zero attached hydrogens (tertiary/aromatic N) is 1. The maximum atomic E-state index is 11.6. The summed E-state index contributed by atoms with van der Waals surface area (Å²) in [5.41, 5.74) is 6.25. The third kappa shape index (κ3) is 3.13. The number of anilines is 1. The van der Waals surface area contributed by atoms with Gasteiger partial charge in [0.1, 0.15) is 12.4 Å². The number of benzene rings is 1. The number of aromatic nitrogens is 1. The zero-order chi connectivity index (χ0) is 13.0. The van der Waals surface area contributed by atoms with Crippen LogP contribution >= 0.6 is 15.9 Å². The highest BCUT2D eigenvalue weighted by Crippen LogP contribution is 2.14. The van der Waals surface area contributed by atoms with E-state index in [4.69, 9.17) is 10.5 Å². The molecule has 4 nitrogen and oxygen atoms in total. The Labute approximate surface area is 113 Å². The van der Waals surface area contributed by atoms with Crippen LogP contribution in [0.1, 0.15) is 0 Å². The molecule has 0 unspecified atom stereocenters. The van der Waals surface area contributed by atoms with E-state index in [9.17, 15) is 4.79 Å². The first-order valence-electron chi connectivity index (χ1n) is 5.50. The van der Waals surface area contributed by atoms with Gasteiger partial charge in [-0.25, -0.2) is 0 Å². The van der Waals surface area contributed by atoms with Crippen LogP contribution in [0.5, 0.6) is 5.75 Å². The first kappa shape index (κ1) is 12.7. The Balaban J connectivity index is 1.99. The summed E-state index contributed by atoms with van der Waals surface area (Å²) in [6, 6.07) is 12.3. The van der Waals surface area contributed by atoms with Crippen LogP contribution in [-0.2, 0) is 6.54 Å². The summed E-state index contributed by atoms with van der Waals surface area (Å²) in [5, 5.41) is 0. The van der Waals surface area contributed by atoms with Gasteiger partial charge in [-0.05, 0) is 34.1 Å². The fourth-order valence-electron chi connectivity index (χ4n) is 1.57. The summed E-state index contributed by atoms with van der Waals surface area (Å²) in [7, 11) is 0. The molecule has 2 aromatic rings. The van der Waals surface area contributed by atoms with Gasteiger partial charge >= 0.3 is 0 Å². The largest absolute Gasteiger partial charge is 0.492 e. The van der Waals surface area contributed by atoms with Gasteiger partial charge in [-0.1, -0.05) is 12.1 Å². The van der Waals surface area contributed by atoms with Crippen LogP contribution in [0.3, 0.4) is 0 Å². The number of halogens is 1. The van der Waals surface area contributed by atoms with Crippen molar-refractivity contribution >= 4 is 21.6 Å². The summed E-state index contributed by atoms with van der Waals surface area (Å²) >= 11 is 3.33. The highest BCUT2D eigenvalue weighted by atomic mass is 79.9. The molecule has 1 aromatic heterocycles. The Hall–Kier alpha value is -1.75. The maximum Gasteiger partial charge on any atom is 0.251 e. The van der Waals surface area contributed by atoms with Crippen molar-refractivity contribution in [1.29, 1.82) is 0 Å². The van der Waals surface area contributed by atoms with E-state index in [0.29, 0.717) is 24.6 Å². The predicted molar refractivity (Wildman–Crippen MR) is 74.8 cm³/mol. The monoisotopic (exact) mass is 308 g/mol. The molecule has 0 amide bonds. The van der Waals surface area contributed by atoms with Gasteiger partial charge in [0.25, 0.3) is 5.56 Å². The Morgan fingerprint density at radius 3 is 2.72 bits per heavy atom. The lowest BCUT2D eigenvalue weighted by Crippen LogP contribution is -2.22. The minimum Gasteiger partial charge on any atom is -0.492 e. The molecular weight excluding hydrogens is 296 g/mol. The Kier molecular flexibility index (Phi) is 4.04. The molecule has 0 aliphatic carbocycles. The Morgan fingerprint density at radius 2 is 2.00 bits per heavy atom. The molecule has 94 valence electrons. The van der Waals surface area contributed by atoms with E-state index >= 15 is 0 Å². The lowest BCUT2D eigenvalue weighted by atomic mass is 10.3. The number of nitrogens with two attached hydrogens (primary N) is 1. The van der Waals surface area contributed by atoms with Crippen LogP contribution in [0, 0.1) is 0 Å². The molecule has 2 N–H and O–H groups in total. The van der Waals surface area contributed by atoms with Gasteiger partial charge in [0, 0.05) is 17.8 Å². The average Bonchev–Trinajstić information content (AvgIpc) is 2.33. The van der Waals surface area contributed by atoms with E-state index < -0.39 is 0 Å². The number of ether oxygens (including phenoxy) is 1. The minimum atomic E-state index is -0.0550. The lowest BCUT2D eigenvalue weighted by molar-refractivity contribution is 0.295. The normalized spacial score (nSPS) is 10.3. The highest BCUT2D eigenvalue weighted by Gasteiger charge is 2.01. The topological polar surface area (TPSA) is 57.2 Å². The summed E-state index contributed by atoms with van der Waals surface area (Å²) < 4.78 is 7.89. The van der Waals surface area contributed by atoms with Crippen LogP contribution in [0.25, 0.3) is 0 Å². The van der Waals surface area contributed by atoms with Crippen molar-refractivity contribution < 1.29 is 4.74 Å². The van der Waals surface area contributed by atoms with E-state index in [0.717, 1.165) is 4.60 Å². The van der Waals surface area contributed by atoms with Crippen molar-refractivity contribution in [3.8, 4) is 5.75 Å². The first-order chi connectivity index (χ1) is 8.66. The van der Waals surface area contributed by atoms with Gasteiger partial charge < -0.3 is 10.5 Å². The standard InChI is InChI=1S/C13H13BrN2O2/c14-12-5-2-6-13(17)16(12)7-8-18-11-4-1-3-10(15)9-11/h1-6,9H,7-8,15H2. The molecule has 0 saturated heterocycles. The van der Waals surface area contributed by atoms with Crippen molar-refractivity contribution in [2.24, 2.45) is 0 Å². The van der Waals surface area contributed by atoms with Gasteiger partial charge in [-0.2, -0.15) is 0 Å². The van der Waals surface area contributed by atoms with E-state index in [-0.39, 0.29) is 5.56 Å². The second kappa shape index (κ2) is 5.73. The molecule has 0 atom stereocenters. The second-order valence-electron chi connectivity index (χ2n) is 3.76. The van der Waals surface area contributed by atoms with Crippen LogP contribution in [-0.4, -0.2) is 11.2 Å². The van der Waals surface area contributed by atoms with Gasteiger partial charge in [0.05, 0.1) is 11.1 Å². The van der Waals surface area contributed by atoms with E-state index in [1.165, 1.54) is 6.07 Å². The number of hydrogen-bond donors (Lipinski definition) is 1. The molecule has 0 bridgehead atoms. The van der Waals surface area contributed by atoms with E-state index in [2.05, 4.69) is 15.9 Å². The molecule has 0 saturated carbocycles. The molecule has 1 heterocycles. The lowest BCUT2D eigenvalue weighted by Gasteiger charge is -2.10. The summed E-state index contributed by atoms with van der Waals surface area (Å²) in [6.45, 7) is 0.890. The quantitative estimate of drug-likeness (QED) is 0.696. The number of rotatable bonds is 4. The molecule has 0 fully saturated rings. The van der Waals surface area contributed by atoms with E-state index in [1.807, 2.05) is 18.2 Å². The smallest absolute Gasteiger partial charge is 0.251 e. The number of nitrogen functional groups attached to an aromatic ring is 1. The summed E-state index contributed by atoms with van der Waals surface area (Å²) in [4.78, 5) is 11.6. The first-order valence-corrected chi connectivity index (χ1v) is 6.30. The molecule has 5 heteroatoms. The van der Waals surface area contributed by atoms with Crippen molar-refractivity contribution in [1.82, 2.24) is 4.57 Å². The predicted octanol–water partition coefficient (Wildman–Crippen LogP) is 2.27. The fraction of sp³-hybridized carbons (Fsp3) is 0.154. The molecular formula is C13H13BrN2O2. The number of hydrogen-bond acceptors (Lipinski definition) is 3. The molecule has 2 rings (SSSR count). The Morgan fingerprint density at radius 1 is 1.22 bits per heavy atom. The average molecular weight is 309 g/mol. The zero-order valence-electron chi connectivity index (χ0n) is 9.67. The third-order valence-electron chi connectivity index (χ3n) is 2.44. The van der Waals surface area contributed by atoms with Gasteiger partial charge in [-0.3, -0.25) is 9.36 Å². The van der Waals surface area contributed by atoms with Crippen molar-refractivity contribution in [2.45, 2.75) is 6.54 Å². The Bertz CT molecular complexity index is 596. The van der Waals surface area contributed by atoms with E-state index in [1.54, 1.807) is 22.8 Å². The molecule has 0 aliphatic heterocycles. The maximum absolute atomic E-state index is 11.6. The molecule has 0 radical (unpaired) electrons. The molecule has 1 aromatic carbocycles. The fourth-order valence-corrected chi connectivity index (χ4v) is 2.08. The third-order valence-corrected chi connectivity index (χ3v) is 3.13. The van der Waals surface area contributed by atoms with Crippen LogP contribution < -0.4 is 16.0 Å². The van der Waals surface area contributed by atoms with Crippen LogP contribution in [0.15, 0.2) is 51.9 Å². The van der Waals surface area contributed by atoms with Crippen molar-refractivity contribution in [2.75, 3.05) is 12.3 Å². The second-order valence-corrected chi connectivity index (χ2v) is 4.57. The van der Waals surface area contributed by atoms with Gasteiger partial charge in [0.15, 0.2) is 0 Å². The summed E-state index contributed by atoms with van der Waals surface area (Å²) in [6.07, 6.45) is 0. The highest BCUT2D eigenvalue weighted by molar-refractivity contribution is 9.10. The van der Waals surface area contributed by atoms with Gasteiger partial charge in [0.2, 0.25) is 0 Å². The number of pyridine rings is 1. The minimum absolute atomic E-state index is 0.0550. The van der Waals surface area contributed by atoms with Gasteiger partial charge in [-0.15, -0.1) is 0 Å². The molecule has 0 aliphatic rings. The van der Waals surface area contributed by atoms with Crippen molar-refractivity contribution in [3.05, 3.63) is 57.4 Å². The van der Waals surface area contributed by atoms with Crippen LogP contribution in [0.2, 0.25) is 0 Å². The van der Waals surface area contributed by atoms with Crippen molar-refractivity contribution in [3.63, 3.8) is 0 Å². The molecule has 0 spiro atoms. The SMILES string of the molecule is Nc1cccc(OCCn2c(Br)cccc2=O)c1. The molecule has 18 heavy (non-hydrogen) atoms. The summed E-state index contributed by atoms with van der Waals surface area (Å²) in [5.74, 6) is 0.704.